The number of ether oxygens (including phenoxy) is 2. The number of benzene rings is 2. The van der Waals surface area contributed by atoms with Gasteiger partial charge in [0.15, 0.2) is 11.5 Å². The van der Waals surface area contributed by atoms with E-state index < -0.39 is 5.54 Å². The van der Waals surface area contributed by atoms with Crippen LogP contribution in [0.4, 0.5) is 0 Å². The summed E-state index contributed by atoms with van der Waals surface area (Å²) in [6, 6.07) is 15.7. The Labute approximate surface area is 143 Å². The Morgan fingerprint density at radius 2 is 1.67 bits per heavy atom. The largest absolute Gasteiger partial charge is 0.493 e. The van der Waals surface area contributed by atoms with E-state index in [-0.39, 0.29) is 5.91 Å². The first-order chi connectivity index (χ1) is 11.5. The summed E-state index contributed by atoms with van der Waals surface area (Å²) in [7, 11) is 3.21. The summed E-state index contributed by atoms with van der Waals surface area (Å²) in [6.45, 7) is 3.96. The number of carbonyl (C=O) groups is 1. The average molecular weight is 327 g/mol. The van der Waals surface area contributed by atoms with Crippen molar-refractivity contribution in [3.8, 4) is 11.5 Å². The first kappa shape index (κ1) is 17.9. The minimum atomic E-state index is -0.493. The van der Waals surface area contributed by atoms with Crippen molar-refractivity contribution in [2.24, 2.45) is 0 Å². The zero-order chi connectivity index (χ0) is 17.6. The number of aryl methyl sites for hydroxylation is 1. The Kier molecular flexibility index (Phi) is 5.85. The second kappa shape index (κ2) is 7.86. The minimum absolute atomic E-state index is 0.0265. The molecule has 1 N–H and O–H groups in total. The van der Waals surface area contributed by atoms with Gasteiger partial charge in [-0.05, 0) is 43.5 Å². The van der Waals surface area contributed by atoms with Crippen molar-refractivity contribution in [1.29, 1.82) is 0 Å². The summed E-state index contributed by atoms with van der Waals surface area (Å²) in [4.78, 5) is 12.3. The first-order valence-electron chi connectivity index (χ1n) is 8.03. The highest BCUT2D eigenvalue weighted by atomic mass is 16.5. The van der Waals surface area contributed by atoms with Crippen molar-refractivity contribution in [3.63, 3.8) is 0 Å². The zero-order valence-corrected chi connectivity index (χ0v) is 14.8. The topological polar surface area (TPSA) is 47.6 Å². The van der Waals surface area contributed by atoms with Gasteiger partial charge >= 0.3 is 0 Å². The Balaban J connectivity index is 2.03. The number of rotatable bonds is 7. The molecule has 0 bridgehead atoms. The van der Waals surface area contributed by atoms with Crippen molar-refractivity contribution in [1.82, 2.24) is 5.32 Å². The van der Waals surface area contributed by atoms with Crippen LogP contribution in [-0.4, -0.2) is 20.1 Å². The van der Waals surface area contributed by atoms with Crippen molar-refractivity contribution in [2.75, 3.05) is 14.2 Å². The number of nitrogens with one attached hydrogen (secondary N) is 1. The average Bonchev–Trinajstić information content (AvgIpc) is 2.59. The highest BCUT2D eigenvalue weighted by Gasteiger charge is 2.24. The molecule has 0 atom stereocenters. The lowest BCUT2D eigenvalue weighted by molar-refractivity contribution is -0.122. The third-order valence-corrected chi connectivity index (χ3v) is 4.04. The van der Waals surface area contributed by atoms with Gasteiger partial charge in [0.25, 0.3) is 0 Å². The fourth-order valence-corrected chi connectivity index (χ4v) is 2.61. The van der Waals surface area contributed by atoms with Crippen LogP contribution in [0.2, 0.25) is 0 Å². The van der Waals surface area contributed by atoms with E-state index in [1.807, 2.05) is 62.4 Å². The van der Waals surface area contributed by atoms with E-state index in [1.165, 1.54) is 0 Å². The molecule has 0 unspecified atom stereocenters. The Bertz CT molecular complexity index is 681. The Morgan fingerprint density at radius 3 is 2.29 bits per heavy atom. The minimum Gasteiger partial charge on any atom is -0.493 e. The van der Waals surface area contributed by atoms with E-state index >= 15 is 0 Å². The Hall–Kier alpha value is -2.49. The van der Waals surface area contributed by atoms with Gasteiger partial charge in [0, 0.05) is 6.42 Å². The quantitative estimate of drug-likeness (QED) is 0.844. The lowest BCUT2D eigenvalue weighted by atomic mass is 9.93. The summed E-state index contributed by atoms with van der Waals surface area (Å²) in [5.74, 6) is 1.35. The van der Waals surface area contributed by atoms with Gasteiger partial charge in [-0.3, -0.25) is 4.79 Å². The molecule has 0 spiro atoms. The van der Waals surface area contributed by atoms with E-state index in [0.717, 1.165) is 17.5 Å². The van der Waals surface area contributed by atoms with Gasteiger partial charge in [0.05, 0.1) is 19.8 Å². The van der Waals surface area contributed by atoms with E-state index in [2.05, 4.69) is 5.32 Å². The molecule has 0 saturated heterocycles. The maximum Gasteiger partial charge on any atom is 0.221 e. The maximum absolute atomic E-state index is 12.3. The molecule has 0 fully saturated rings. The van der Waals surface area contributed by atoms with Crippen molar-refractivity contribution in [2.45, 2.75) is 32.2 Å². The molecule has 128 valence electrons. The SMILES string of the molecule is COc1ccc(C(C)(C)NC(=O)CCc2ccccc2)cc1OC. The zero-order valence-electron chi connectivity index (χ0n) is 14.8. The number of amides is 1. The number of methoxy groups -OCH3 is 2. The summed E-state index contributed by atoms with van der Waals surface area (Å²) in [6.07, 6.45) is 1.19. The second-order valence-electron chi connectivity index (χ2n) is 6.23. The lowest BCUT2D eigenvalue weighted by Gasteiger charge is -2.27. The van der Waals surface area contributed by atoms with Crippen LogP contribution in [0.1, 0.15) is 31.4 Å². The summed E-state index contributed by atoms with van der Waals surface area (Å²) in [5.41, 5.74) is 1.64. The van der Waals surface area contributed by atoms with Crippen molar-refractivity contribution >= 4 is 5.91 Å². The highest BCUT2D eigenvalue weighted by Crippen LogP contribution is 2.32. The highest BCUT2D eigenvalue weighted by molar-refractivity contribution is 5.77. The molecule has 2 rings (SSSR count). The molecule has 0 aliphatic heterocycles. The Morgan fingerprint density at radius 1 is 1.00 bits per heavy atom. The van der Waals surface area contributed by atoms with E-state index in [4.69, 9.17) is 9.47 Å². The fraction of sp³-hybridized carbons (Fsp3) is 0.350. The molecule has 4 heteroatoms. The van der Waals surface area contributed by atoms with Crippen LogP contribution in [0, 0.1) is 0 Å². The molecule has 0 aliphatic carbocycles. The molecule has 0 aromatic heterocycles. The number of hydrogen-bond donors (Lipinski definition) is 1. The molecule has 0 radical (unpaired) electrons. The van der Waals surface area contributed by atoms with Crippen molar-refractivity contribution < 1.29 is 14.3 Å². The predicted octanol–water partition coefficient (Wildman–Crippen LogP) is 3.69. The third kappa shape index (κ3) is 4.51. The third-order valence-electron chi connectivity index (χ3n) is 4.04. The van der Waals surface area contributed by atoms with Gasteiger partial charge in [-0.1, -0.05) is 36.4 Å². The van der Waals surface area contributed by atoms with Crippen LogP contribution >= 0.6 is 0 Å². The molecule has 0 heterocycles. The van der Waals surface area contributed by atoms with Crippen LogP contribution in [0.3, 0.4) is 0 Å². The van der Waals surface area contributed by atoms with Gasteiger partial charge in [-0.25, -0.2) is 0 Å². The van der Waals surface area contributed by atoms with E-state index in [9.17, 15) is 4.79 Å². The number of hydrogen-bond acceptors (Lipinski definition) is 3. The van der Waals surface area contributed by atoms with Gasteiger partial charge in [0.1, 0.15) is 0 Å². The van der Waals surface area contributed by atoms with Gasteiger partial charge in [0.2, 0.25) is 5.91 Å². The van der Waals surface area contributed by atoms with Gasteiger partial charge in [-0.15, -0.1) is 0 Å². The van der Waals surface area contributed by atoms with Gasteiger partial charge < -0.3 is 14.8 Å². The van der Waals surface area contributed by atoms with Crippen LogP contribution in [-0.2, 0) is 16.8 Å². The molecule has 2 aromatic carbocycles. The standard InChI is InChI=1S/C20H25NO3/c1-20(2,16-11-12-17(23-3)18(14-16)24-4)21-19(22)13-10-15-8-6-5-7-9-15/h5-9,11-12,14H,10,13H2,1-4H3,(H,21,22). The molecule has 24 heavy (non-hydrogen) atoms. The summed E-state index contributed by atoms with van der Waals surface area (Å²) in [5, 5.41) is 3.10. The molecule has 2 aromatic rings. The summed E-state index contributed by atoms with van der Waals surface area (Å²) < 4.78 is 10.6. The number of carbonyl (C=O) groups excluding carboxylic acids is 1. The van der Waals surface area contributed by atoms with Crippen LogP contribution in [0.25, 0.3) is 0 Å². The fourth-order valence-electron chi connectivity index (χ4n) is 2.61. The van der Waals surface area contributed by atoms with Crippen molar-refractivity contribution in [3.05, 3.63) is 59.7 Å². The maximum atomic E-state index is 12.3. The predicted molar refractivity (Wildman–Crippen MR) is 95.5 cm³/mol. The van der Waals surface area contributed by atoms with E-state index in [1.54, 1.807) is 14.2 Å². The summed E-state index contributed by atoms with van der Waals surface area (Å²) >= 11 is 0. The molecular weight excluding hydrogens is 302 g/mol. The van der Waals surface area contributed by atoms with Crippen LogP contribution in [0.5, 0.6) is 11.5 Å². The van der Waals surface area contributed by atoms with Crippen LogP contribution in [0.15, 0.2) is 48.5 Å². The normalized spacial score (nSPS) is 11.0. The molecular formula is C20H25NO3. The van der Waals surface area contributed by atoms with Crippen LogP contribution < -0.4 is 14.8 Å². The molecule has 0 saturated carbocycles. The molecule has 1 amide bonds. The second-order valence-corrected chi connectivity index (χ2v) is 6.23. The monoisotopic (exact) mass is 327 g/mol. The van der Waals surface area contributed by atoms with E-state index in [0.29, 0.717) is 17.9 Å². The van der Waals surface area contributed by atoms with Gasteiger partial charge in [-0.2, -0.15) is 0 Å². The lowest BCUT2D eigenvalue weighted by Crippen LogP contribution is -2.41. The smallest absolute Gasteiger partial charge is 0.221 e. The molecule has 4 nitrogen and oxygen atoms in total. The molecule has 0 aliphatic rings. The first-order valence-corrected chi connectivity index (χ1v) is 8.03.